The van der Waals surface area contributed by atoms with Gasteiger partial charge in [0.25, 0.3) is 0 Å². The molecule has 0 spiro atoms. The summed E-state index contributed by atoms with van der Waals surface area (Å²) < 4.78 is 25.3. The summed E-state index contributed by atoms with van der Waals surface area (Å²) in [4.78, 5) is 0.481. The first-order chi connectivity index (χ1) is 8.73. The van der Waals surface area contributed by atoms with Crippen LogP contribution in [0.3, 0.4) is 0 Å². The van der Waals surface area contributed by atoms with Crippen molar-refractivity contribution in [3.63, 3.8) is 0 Å². The van der Waals surface area contributed by atoms with Gasteiger partial charge in [0.2, 0.25) is 0 Å². The molecule has 0 saturated heterocycles. The second-order valence-electron chi connectivity index (χ2n) is 6.64. The monoisotopic (exact) mass is 280 g/mol. The van der Waals surface area contributed by atoms with Crippen LogP contribution in [0.1, 0.15) is 45.6 Å². The minimum Gasteiger partial charge on any atom is -0.223 e. The van der Waals surface area contributed by atoms with E-state index >= 15 is 0 Å². The van der Waals surface area contributed by atoms with E-state index in [4.69, 9.17) is 0 Å². The molecular weight excluding hydrogens is 256 g/mol. The zero-order valence-electron chi connectivity index (χ0n) is 12.3. The zero-order valence-corrected chi connectivity index (χ0v) is 13.1. The zero-order chi connectivity index (χ0) is 14.3. The highest BCUT2D eigenvalue weighted by atomic mass is 32.2. The topological polar surface area (TPSA) is 34.1 Å². The maximum absolute atomic E-state index is 12.7. The Morgan fingerprint density at radius 1 is 1.16 bits per heavy atom. The van der Waals surface area contributed by atoms with Crippen molar-refractivity contribution >= 4 is 9.84 Å². The fraction of sp³-hybridized carbons (Fsp3) is 0.625. The molecule has 3 heteroatoms. The minimum absolute atomic E-state index is 0.210. The van der Waals surface area contributed by atoms with Gasteiger partial charge in [0.15, 0.2) is 9.84 Å². The normalized spacial score (nSPS) is 27.2. The summed E-state index contributed by atoms with van der Waals surface area (Å²) in [5, 5.41) is -0.210. The molecule has 1 fully saturated rings. The third kappa shape index (κ3) is 2.86. The van der Waals surface area contributed by atoms with Crippen LogP contribution in [-0.2, 0) is 9.84 Å². The molecule has 1 aliphatic rings. The Morgan fingerprint density at radius 3 is 2.26 bits per heavy atom. The third-order valence-corrected chi connectivity index (χ3v) is 7.08. The molecule has 2 rings (SSSR count). The molecule has 1 aliphatic carbocycles. The first kappa shape index (κ1) is 14.6. The van der Waals surface area contributed by atoms with E-state index in [1.54, 1.807) is 12.1 Å². The standard InChI is InChI=1S/C16H24O2S/c1-12-5-7-14(8-6-12)19(17,18)15-9-10-16(3,4)13(2)11-15/h5-8,13,15H,9-11H2,1-4H3. The van der Waals surface area contributed by atoms with Gasteiger partial charge in [-0.1, -0.05) is 38.5 Å². The fourth-order valence-electron chi connectivity index (χ4n) is 2.81. The number of hydrogen-bond acceptors (Lipinski definition) is 2. The molecule has 2 atom stereocenters. The number of aryl methyl sites for hydroxylation is 1. The Kier molecular flexibility index (Phi) is 3.78. The fourth-order valence-corrected chi connectivity index (χ4v) is 4.68. The molecule has 0 aliphatic heterocycles. The molecular formula is C16H24O2S. The molecule has 1 aromatic carbocycles. The molecule has 0 bridgehead atoms. The Bertz CT molecular complexity index is 541. The smallest absolute Gasteiger partial charge is 0.181 e. The van der Waals surface area contributed by atoms with E-state index in [-0.39, 0.29) is 10.7 Å². The lowest BCUT2D eigenvalue weighted by Gasteiger charge is -2.40. The SMILES string of the molecule is Cc1ccc(S(=O)(=O)C2CCC(C)(C)C(C)C2)cc1. The second-order valence-corrected chi connectivity index (χ2v) is 8.87. The molecule has 106 valence electrons. The maximum atomic E-state index is 12.7. The van der Waals surface area contributed by atoms with Crippen LogP contribution in [0, 0.1) is 18.3 Å². The van der Waals surface area contributed by atoms with Gasteiger partial charge in [0.1, 0.15) is 0 Å². The molecule has 2 unspecified atom stereocenters. The van der Waals surface area contributed by atoms with Crippen molar-refractivity contribution in [1.29, 1.82) is 0 Å². The second kappa shape index (κ2) is 4.93. The first-order valence-electron chi connectivity index (χ1n) is 7.04. The lowest BCUT2D eigenvalue weighted by molar-refractivity contribution is 0.156. The van der Waals surface area contributed by atoms with Crippen molar-refractivity contribution in [3.8, 4) is 0 Å². The molecule has 2 nitrogen and oxygen atoms in total. The van der Waals surface area contributed by atoms with Gasteiger partial charge in [-0.05, 0) is 49.7 Å². The van der Waals surface area contributed by atoms with Crippen LogP contribution >= 0.6 is 0 Å². The molecule has 0 N–H and O–H groups in total. The van der Waals surface area contributed by atoms with Crippen molar-refractivity contribution in [2.24, 2.45) is 11.3 Å². The lowest BCUT2D eigenvalue weighted by Crippen LogP contribution is -2.36. The minimum atomic E-state index is -3.16. The number of benzene rings is 1. The molecule has 0 aromatic heterocycles. The summed E-state index contributed by atoms with van der Waals surface area (Å²) >= 11 is 0. The van der Waals surface area contributed by atoms with Gasteiger partial charge in [-0.3, -0.25) is 0 Å². The van der Waals surface area contributed by atoms with Crippen LogP contribution in [0.15, 0.2) is 29.2 Å². The van der Waals surface area contributed by atoms with Gasteiger partial charge < -0.3 is 0 Å². The van der Waals surface area contributed by atoms with Crippen molar-refractivity contribution < 1.29 is 8.42 Å². The van der Waals surface area contributed by atoms with Gasteiger partial charge in [-0.15, -0.1) is 0 Å². The summed E-state index contributed by atoms with van der Waals surface area (Å²) in [6.45, 7) is 8.64. The summed E-state index contributed by atoms with van der Waals surface area (Å²) in [5.41, 5.74) is 1.36. The van der Waals surface area contributed by atoms with Gasteiger partial charge >= 0.3 is 0 Å². The highest BCUT2D eigenvalue weighted by Gasteiger charge is 2.39. The molecule has 1 aromatic rings. The number of rotatable bonds is 2. The maximum Gasteiger partial charge on any atom is 0.181 e. The predicted molar refractivity (Wildman–Crippen MR) is 78.9 cm³/mol. The van der Waals surface area contributed by atoms with E-state index in [1.807, 2.05) is 19.1 Å². The van der Waals surface area contributed by atoms with Crippen molar-refractivity contribution in [3.05, 3.63) is 29.8 Å². The van der Waals surface area contributed by atoms with Crippen LogP contribution in [0.5, 0.6) is 0 Å². The Hall–Kier alpha value is -0.830. The molecule has 0 heterocycles. The molecule has 0 radical (unpaired) electrons. The summed E-state index contributed by atoms with van der Waals surface area (Å²) in [7, 11) is -3.16. The van der Waals surface area contributed by atoms with E-state index in [0.717, 1.165) is 24.8 Å². The van der Waals surface area contributed by atoms with Gasteiger partial charge in [-0.25, -0.2) is 8.42 Å². The van der Waals surface area contributed by atoms with Gasteiger partial charge in [0.05, 0.1) is 10.1 Å². The van der Waals surface area contributed by atoms with E-state index < -0.39 is 9.84 Å². The first-order valence-corrected chi connectivity index (χ1v) is 8.59. The van der Waals surface area contributed by atoms with Crippen molar-refractivity contribution in [2.75, 3.05) is 0 Å². The van der Waals surface area contributed by atoms with Gasteiger partial charge in [0, 0.05) is 0 Å². The highest BCUT2D eigenvalue weighted by Crippen LogP contribution is 2.43. The van der Waals surface area contributed by atoms with Crippen LogP contribution < -0.4 is 0 Å². The Balaban J connectivity index is 2.24. The highest BCUT2D eigenvalue weighted by molar-refractivity contribution is 7.92. The quantitative estimate of drug-likeness (QED) is 0.821. The largest absolute Gasteiger partial charge is 0.223 e. The van der Waals surface area contributed by atoms with Crippen LogP contribution in [0.4, 0.5) is 0 Å². The average molecular weight is 280 g/mol. The average Bonchev–Trinajstić information content (AvgIpc) is 2.33. The summed E-state index contributed by atoms with van der Waals surface area (Å²) in [6, 6.07) is 7.25. The van der Waals surface area contributed by atoms with E-state index in [2.05, 4.69) is 20.8 Å². The van der Waals surface area contributed by atoms with Gasteiger partial charge in [-0.2, -0.15) is 0 Å². The number of hydrogen-bond donors (Lipinski definition) is 0. The summed E-state index contributed by atoms with van der Waals surface area (Å²) in [6.07, 6.45) is 2.56. The Labute approximate surface area is 117 Å². The van der Waals surface area contributed by atoms with E-state index in [1.165, 1.54) is 0 Å². The van der Waals surface area contributed by atoms with Crippen LogP contribution in [-0.4, -0.2) is 13.7 Å². The van der Waals surface area contributed by atoms with Crippen molar-refractivity contribution in [2.45, 2.75) is 57.1 Å². The molecule has 1 saturated carbocycles. The number of sulfone groups is 1. The summed E-state index contributed by atoms with van der Waals surface area (Å²) in [5.74, 6) is 0.450. The molecule has 0 amide bonds. The third-order valence-electron chi connectivity index (χ3n) is 4.85. The van der Waals surface area contributed by atoms with E-state index in [9.17, 15) is 8.42 Å². The van der Waals surface area contributed by atoms with Crippen molar-refractivity contribution in [1.82, 2.24) is 0 Å². The molecule has 19 heavy (non-hydrogen) atoms. The predicted octanol–water partition coefficient (Wildman–Crippen LogP) is 3.98. The Morgan fingerprint density at radius 2 is 1.74 bits per heavy atom. The van der Waals surface area contributed by atoms with Crippen LogP contribution in [0.25, 0.3) is 0 Å². The lowest BCUT2D eigenvalue weighted by atomic mass is 9.70. The van der Waals surface area contributed by atoms with E-state index in [0.29, 0.717) is 10.8 Å². The van der Waals surface area contributed by atoms with Crippen LogP contribution in [0.2, 0.25) is 0 Å².